The third-order valence-electron chi connectivity index (χ3n) is 5.02. The first kappa shape index (κ1) is 23.9. The fourth-order valence-corrected chi connectivity index (χ4v) is 3.77. The van der Waals surface area contributed by atoms with Crippen LogP contribution in [0.5, 0.6) is 0 Å². The standard InChI is InChI=1S/C24H17ClN4O5S/c1-13-10-15(26-24(35)28-22(30)17-8-7-16(29(32)33)12-18(17)25)6-9-19(13)27-23(31)21-11-14-4-2-3-5-20(14)34-21/h2-12H,1H3,(H,27,31)(H2,26,28,30,35). The molecule has 4 aromatic rings. The Kier molecular flexibility index (Phi) is 6.76. The van der Waals surface area contributed by atoms with Gasteiger partial charge in [0.05, 0.1) is 15.5 Å². The third kappa shape index (κ3) is 5.45. The van der Waals surface area contributed by atoms with E-state index in [2.05, 4.69) is 16.0 Å². The summed E-state index contributed by atoms with van der Waals surface area (Å²) in [6.45, 7) is 1.80. The van der Waals surface area contributed by atoms with Gasteiger partial charge in [-0.2, -0.15) is 0 Å². The zero-order chi connectivity index (χ0) is 25.1. The average molecular weight is 509 g/mol. The number of nitrogens with one attached hydrogen (secondary N) is 3. The van der Waals surface area contributed by atoms with Crippen LogP contribution in [0.1, 0.15) is 26.5 Å². The molecule has 11 heteroatoms. The number of nitro groups is 1. The summed E-state index contributed by atoms with van der Waals surface area (Å²) in [5, 5.41) is 19.8. The zero-order valence-corrected chi connectivity index (χ0v) is 19.7. The Balaban J connectivity index is 1.39. The summed E-state index contributed by atoms with van der Waals surface area (Å²) in [6, 6.07) is 17.6. The minimum Gasteiger partial charge on any atom is -0.451 e. The van der Waals surface area contributed by atoms with Gasteiger partial charge in [0.25, 0.3) is 17.5 Å². The van der Waals surface area contributed by atoms with Crippen molar-refractivity contribution < 1.29 is 18.9 Å². The molecule has 3 N–H and O–H groups in total. The second-order valence-electron chi connectivity index (χ2n) is 7.46. The van der Waals surface area contributed by atoms with Crippen LogP contribution in [-0.4, -0.2) is 21.9 Å². The molecule has 0 atom stereocenters. The van der Waals surface area contributed by atoms with Crippen molar-refractivity contribution in [1.29, 1.82) is 0 Å². The minimum atomic E-state index is -0.617. The van der Waals surface area contributed by atoms with Crippen molar-refractivity contribution in [3.8, 4) is 0 Å². The van der Waals surface area contributed by atoms with Gasteiger partial charge in [-0.05, 0) is 61.1 Å². The Bertz CT molecular complexity index is 1470. The minimum absolute atomic E-state index is 0.00267. The molecule has 9 nitrogen and oxygen atoms in total. The summed E-state index contributed by atoms with van der Waals surface area (Å²) in [7, 11) is 0. The highest BCUT2D eigenvalue weighted by Gasteiger charge is 2.17. The summed E-state index contributed by atoms with van der Waals surface area (Å²) in [5.74, 6) is -0.803. The lowest BCUT2D eigenvalue weighted by molar-refractivity contribution is -0.384. The number of hydrogen-bond acceptors (Lipinski definition) is 6. The van der Waals surface area contributed by atoms with Crippen LogP contribution in [0.2, 0.25) is 5.02 Å². The maximum absolute atomic E-state index is 12.6. The highest BCUT2D eigenvalue weighted by molar-refractivity contribution is 7.80. The maximum Gasteiger partial charge on any atom is 0.291 e. The SMILES string of the molecule is Cc1cc(NC(=S)NC(=O)c2ccc([N+](=O)[O-])cc2Cl)ccc1NC(=O)c1cc2ccccc2o1. The molecule has 0 aliphatic carbocycles. The molecular formula is C24H17ClN4O5S. The zero-order valence-electron chi connectivity index (χ0n) is 18.1. The molecule has 0 aliphatic heterocycles. The second kappa shape index (κ2) is 9.92. The summed E-state index contributed by atoms with van der Waals surface area (Å²) >= 11 is 11.2. The molecule has 35 heavy (non-hydrogen) atoms. The third-order valence-corrected chi connectivity index (χ3v) is 5.53. The van der Waals surface area contributed by atoms with Gasteiger partial charge in [0.1, 0.15) is 5.58 Å². The highest BCUT2D eigenvalue weighted by atomic mass is 35.5. The molecule has 1 aromatic heterocycles. The monoisotopic (exact) mass is 508 g/mol. The van der Waals surface area contributed by atoms with Crippen LogP contribution in [0, 0.1) is 17.0 Å². The van der Waals surface area contributed by atoms with E-state index in [-0.39, 0.29) is 33.1 Å². The maximum atomic E-state index is 12.6. The van der Waals surface area contributed by atoms with Crippen molar-refractivity contribution in [3.63, 3.8) is 0 Å². The van der Waals surface area contributed by atoms with Gasteiger partial charge in [0.2, 0.25) is 0 Å². The number of carbonyl (C=O) groups excluding carboxylic acids is 2. The Labute approximate surface area is 209 Å². The first-order valence-corrected chi connectivity index (χ1v) is 11.0. The smallest absolute Gasteiger partial charge is 0.291 e. The van der Waals surface area contributed by atoms with Crippen LogP contribution in [0.4, 0.5) is 17.1 Å². The first-order chi connectivity index (χ1) is 16.7. The molecule has 0 spiro atoms. The topological polar surface area (TPSA) is 127 Å². The Hall–Kier alpha value is -4.28. The number of benzene rings is 3. The van der Waals surface area contributed by atoms with E-state index >= 15 is 0 Å². The number of para-hydroxylation sites is 1. The van der Waals surface area contributed by atoms with Crippen molar-refractivity contribution in [2.24, 2.45) is 0 Å². The van der Waals surface area contributed by atoms with E-state index < -0.39 is 10.8 Å². The predicted molar refractivity (Wildman–Crippen MR) is 137 cm³/mol. The van der Waals surface area contributed by atoms with Gasteiger partial charge >= 0.3 is 0 Å². The number of fused-ring (bicyclic) bond motifs is 1. The van der Waals surface area contributed by atoms with Gasteiger partial charge in [0.15, 0.2) is 10.9 Å². The van der Waals surface area contributed by atoms with Crippen LogP contribution in [-0.2, 0) is 0 Å². The van der Waals surface area contributed by atoms with E-state index in [0.29, 0.717) is 17.0 Å². The number of aryl methyl sites for hydroxylation is 1. The summed E-state index contributed by atoms with van der Waals surface area (Å²) in [5.41, 5.74) is 2.33. The Morgan fingerprint density at radius 2 is 1.77 bits per heavy atom. The number of rotatable bonds is 5. The van der Waals surface area contributed by atoms with Gasteiger partial charge < -0.3 is 15.1 Å². The molecule has 0 radical (unpaired) electrons. The molecule has 1 heterocycles. The van der Waals surface area contributed by atoms with Gasteiger partial charge in [-0.15, -0.1) is 0 Å². The van der Waals surface area contributed by atoms with E-state index in [9.17, 15) is 19.7 Å². The molecule has 4 rings (SSSR count). The van der Waals surface area contributed by atoms with Gasteiger partial charge in [-0.3, -0.25) is 25.0 Å². The lowest BCUT2D eigenvalue weighted by Gasteiger charge is -2.13. The number of hydrogen-bond donors (Lipinski definition) is 3. The van der Waals surface area contributed by atoms with Crippen LogP contribution in [0.25, 0.3) is 11.0 Å². The Morgan fingerprint density at radius 1 is 1.00 bits per heavy atom. The second-order valence-corrected chi connectivity index (χ2v) is 8.28. The van der Waals surface area contributed by atoms with Crippen LogP contribution in [0.15, 0.2) is 71.1 Å². The molecule has 0 unspecified atom stereocenters. The molecule has 0 fully saturated rings. The number of nitro benzene ring substituents is 1. The largest absolute Gasteiger partial charge is 0.451 e. The number of carbonyl (C=O) groups is 2. The molecular weight excluding hydrogens is 492 g/mol. The van der Waals surface area contributed by atoms with Crippen LogP contribution >= 0.6 is 23.8 Å². The predicted octanol–water partition coefficient (Wildman–Crippen LogP) is 5.68. The molecule has 0 aliphatic rings. The number of thiocarbonyl (C=S) groups is 1. The van der Waals surface area contributed by atoms with Crippen molar-refractivity contribution in [1.82, 2.24) is 5.32 Å². The van der Waals surface area contributed by atoms with Gasteiger partial charge in [-0.25, -0.2) is 0 Å². The fourth-order valence-electron chi connectivity index (χ4n) is 3.29. The van der Waals surface area contributed by atoms with E-state index in [1.807, 2.05) is 18.2 Å². The lowest BCUT2D eigenvalue weighted by atomic mass is 10.1. The van der Waals surface area contributed by atoms with Crippen LogP contribution < -0.4 is 16.0 Å². The van der Waals surface area contributed by atoms with Gasteiger partial charge in [0, 0.05) is 28.9 Å². The number of furan rings is 1. The van der Waals surface area contributed by atoms with Crippen molar-refractivity contribution in [3.05, 3.63) is 98.8 Å². The van der Waals surface area contributed by atoms with Crippen molar-refractivity contribution >= 4 is 68.8 Å². The summed E-state index contributed by atoms with van der Waals surface area (Å²) < 4.78 is 5.59. The quantitative estimate of drug-likeness (QED) is 0.180. The summed E-state index contributed by atoms with van der Waals surface area (Å²) in [6.07, 6.45) is 0. The fraction of sp³-hybridized carbons (Fsp3) is 0.0417. The average Bonchev–Trinajstić information content (AvgIpc) is 3.25. The molecule has 2 amide bonds. The number of anilines is 2. The summed E-state index contributed by atoms with van der Waals surface area (Å²) in [4.78, 5) is 35.3. The number of amides is 2. The van der Waals surface area contributed by atoms with E-state index in [1.165, 1.54) is 12.1 Å². The van der Waals surface area contributed by atoms with E-state index in [0.717, 1.165) is 17.0 Å². The van der Waals surface area contributed by atoms with E-state index in [4.69, 9.17) is 28.2 Å². The van der Waals surface area contributed by atoms with E-state index in [1.54, 1.807) is 37.3 Å². The molecule has 176 valence electrons. The first-order valence-electron chi connectivity index (χ1n) is 10.2. The van der Waals surface area contributed by atoms with Crippen molar-refractivity contribution in [2.75, 3.05) is 10.6 Å². The normalized spacial score (nSPS) is 10.6. The molecule has 0 saturated heterocycles. The number of halogens is 1. The lowest BCUT2D eigenvalue weighted by Crippen LogP contribution is -2.34. The number of non-ortho nitro benzene ring substituents is 1. The molecule has 3 aromatic carbocycles. The highest BCUT2D eigenvalue weighted by Crippen LogP contribution is 2.24. The number of nitrogens with zero attached hydrogens (tertiary/aromatic N) is 1. The Morgan fingerprint density at radius 3 is 2.46 bits per heavy atom. The van der Waals surface area contributed by atoms with Crippen molar-refractivity contribution in [2.45, 2.75) is 6.92 Å². The van der Waals surface area contributed by atoms with Gasteiger partial charge in [-0.1, -0.05) is 29.8 Å². The molecule has 0 bridgehead atoms. The van der Waals surface area contributed by atoms with Crippen LogP contribution in [0.3, 0.4) is 0 Å². The molecule has 0 saturated carbocycles.